The molecule has 0 aromatic carbocycles. The van der Waals surface area contributed by atoms with Crippen molar-refractivity contribution in [2.45, 2.75) is 497 Å². The zero-order valence-corrected chi connectivity index (χ0v) is 73.8. The first kappa shape index (κ1) is 107. The van der Waals surface area contributed by atoms with E-state index in [1.165, 1.54) is 289 Å². The van der Waals surface area contributed by atoms with Crippen molar-refractivity contribution >= 4 is 39.5 Å². The lowest BCUT2D eigenvalue weighted by atomic mass is 9.99. The number of aliphatic hydroxyl groups excluding tert-OH is 1. The van der Waals surface area contributed by atoms with Gasteiger partial charge in [0.1, 0.15) is 19.3 Å². The number of aliphatic hydroxyl groups is 1. The molecule has 0 amide bonds. The highest BCUT2D eigenvalue weighted by Gasteiger charge is 2.31. The normalized spacial score (nSPS) is 14.1. The molecule has 0 saturated carbocycles. The number of rotatable bonds is 88. The molecule has 3 N–H and O–H groups in total. The number of carbonyl (C=O) groups excluding carboxylic acids is 4. The second-order valence-electron chi connectivity index (χ2n) is 33.5. The molecule has 17 nitrogen and oxygen atoms in total. The zero-order valence-electron chi connectivity index (χ0n) is 72.0. The number of ether oxygens (including phenoxy) is 4. The minimum absolute atomic E-state index is 0.107. The van der Waals surface area contributed by atoms with Gasteiger partial charge in [-0.3, -0.25) is 37.3 Å². The highest BCUT2D eigenvalue weighted by Crippen LogP contribution is 2.45. The molecule has 109 heavy (non-hydrogen) atoms. The maximum atomic E-state index is 13.2. The number of unbranched alkanes of at least 4 members (excludes halogenated alkanes) is 55. The van der Waals surface area contributed by atoms with Gasteiger partial charge in [0.2, 0.25) is 0 Å². The fourth-order valence-corrected chi connectivity index (χ4v) is 15.6. The highest BCUT2D eigenvalue weighted by atomic mass is 31.2. The number of hydrogen-bond donors (Lipinski definition) is 3. The third-order valence-corrected chi connectivity index (χ3v) is 23.4. The summed E-state index contributed by atoms with van der Waals surface area (Å²) in [6, 6.07) is 0. The van der Waals surface area contributed by atoms with Gasteiger partial charge < -0.3 is 33.8 Å². The average Bonchev–Trinajstić information content (AvgIpc) is 0.898. The molecule has 0 aromatic rings. The van der Waals surface area contributed by atoms with Crippen LogP contribution in [0.5, 0.6) is 0 Å². The van der Waals surface area contributed by atoms with Crippen LogP contribution in [-0.2, 0) is 65.4 Å². The van der Waals surface area contributed by atoms with E-state index in [1.807, 2.05) is 0 Å². The van der Waals surface area contributed by atoms with Crippen LogP contribution in [0.15, 0.2) is 0 Å². The highest BCUT2D eigenvalue weighted by molar-refractivity contribution is 7.47. The molecule has 0 bridgehead atoms. The van der Waals surface area contributed by atoms with E-state index in [9.17, 15) is 43.2 Å². The van der Waals surface area contributed by atoms with E-state index in [4.69, 9.17) is 37.0 Å². The summed E-state index contributed by atoms with van der Waals surface area (Å²) in [6.07, 6.45) is 72.2. The Balaban J connectivity index is 5.26. The monoisotopic (exact) mass is 1590 g/mol. The van der Waals surface area contributed by atoms with Gasteiger partial charge in [-0.05, 0) is 43.4 Å². The van der Waals surface area contributed by atoms with Crippen LogP contribution in [-0.4, -0.2) is 96.7 Å². The van der Waals surface area contributed by atoms with Crippen LogP contribution in [0.25, 0.3) is 0 Å². The maximum absolute atomic E-state index is 13.2. The molecular weight excluding hydrogens is 1410 g/mol. The van der Waals surface area contributed by atoms with Crippen LogP contribution < -0.4 is 0 Å². The molecule has 0 aliphatic rings. The van der Waals surface area contributed by atoms with Gasteiger partial charge in [-0.2, -0.15) is 0 Å². The Morgan fingerprint density at radius 3 is 0.697 bits per heavy atom. The molecule has 0 heterocycles. The van der Waals surface area contributed by atoms with Crippen molar-refractivity contribution in [2.75, 3.05) is 39.6 Å². The molecule has 0 spiro atoms. The van der Waals surface area contributed by atoms with Crippen molar-refractivity contribution in [3.63, 3.8) is 0 Å². The van der Waals surface area contributed by atoms with Gasteiger partial charge in [-0.1, -0.05) is 427 Å². The Morgan fingerprint density at radius 2 is 0.468 bits per heavy atom. The van der Waals surface area contributed by atoms with Crippen molar-refractivity contribution in [1.29, 1.82) is 0 Å². The van der Waals surface area contributed by atoms with Crippen molar-refractivity contribution in [3.05, 3.63) is 0 Å². The zero-order chi connectivity index (χ0) is 80.0. The van der Waals surface area contributed by atoms with Crippen LogP contribution >= 0.6 is 15.6 Å². The summed E-state index contributed by atoms with van der Waals surface area (Å²) >= 11 is 0. The van der Waals surface area contributed by atoms with Crippen LogP contribution in [0, 0.1) is 17.8 Å². The molecule has 3 unspecified atom stereocenters. The molecule has 0 radical (unpaired) electrons. The molecule has 6 atom stereocenters. The lowest BCUT2D eigenvalue weighted by Gasteiger charge is -2.21. The van der Waals surface area contributed by atoms with Crippen LogP contribution in [0.4, 0.5) is 0 Å². The van der Waals surface area contributed by atoms with E-state index in [0.29, 0.717) is 25.7 Å². The van der Waals surface area contributed by atoms with Gasteiger partial charge in [0, 0.05) is 25.7 Å². The maximum Gasteiger partial charge on any atom is 0.472 e. The summed E-state index contributed by atoms with van der Waals surface area (Å²) in [5.41, 5.74) is 0. The minimum Gasteiger partial charge on any atom is -0.462 e. The second-order valence-corrected chi connectivity index (χ2v) is 36.4. The lowest BCUT2D eigenvalue weighted by Crippen LogP contribution is -2.30. The largest absolute Gasteiger partial charge is 0.472 e. The number of phosphoric ester groups is 2. The van der Waals surface area contributed by atoms with E-state index in [0.717, 1.165) is 108 Å². The molecule has 648 valence electrons. The summed E-state index contributed by atoms with van der Waals surface area (Å²) in [4.78, 5) is 73.4. The predicted molar refractivity (Wildman–Crippen MR) is 451 cm³/mol. The van der Waals surface area contributed by atoms with E-state index in [2.05, 4.69) is 48.5 Å². The predicted octanol–water partition coefficient (Wildman–Crippen LogP) is 27.6. The fourth-order valence-electron chi connectivity index (χ4n) is 14.0. The third-order valence-electron chi connectivity index (χ3n) is 21.5. The Bertz CT molecular complexity index is 2100. The quantitative estimate of drug-likeness (QED) is 0.0222. The molecule has 0 rings (SSSR count). The van der Waals surface area contributed by atoms with Crippen molar-refractivity contribution in [2.24, 2.45) is 17.8 Å². The Labute approximate surface area is 670 Å². The molecule has 0 saturated heterocycles. The number of hydrogen-bond acceptors (Lipinski definition) is 15. The van der Waals surface area contributed by atoms with Gasteiger partial charge in [-0.25, -0.2) is 9.13 Å². The first-order valence-electron chi connectivity index (χ1n) is 46.4. The number of esters is 4. The second kappa shape index (κ2) is 79.9. The van der Waals surface area contributed by atoms with E-state index < -0.39 is 97.5 Å². The van der Waals surface area contributed by atoms with Crippen LogP contribution in [0.3, 0.4) is 0 Å². The molecular formula is C90H176O17P2. The standard InChI is InChI=1S/C90H176O17P2/c1-8-10-11-12-13-14-15-16-17-18-19-20-21-26-32-37-44-52-59-66-73-89(94)106-85(77-100-87(92)71-64-57-50-43-36-31-25-23-22-24-29-34-40-47-54-61-68-81(3)4)79-104-108(96,97)102-75-84(91)76-103-109(98,99)105-80-86(78-101-88(93)72-65-58-51-46-39-41-48-55-62-69-82(5)6)107-90(95)74-67-60-53-45-38-33-28-27-30-35-42-49-56-63-70-83(7)9-2/h81-86,91H,8-80H2,1-7H3,(H,96,97)(H,98,99)/t83?,84-,85-,86-/m1/s1. The van der Waals surface area contributed by atoms with Crippen LogP contribution in [0.1, 0.15) is 479 Å². The smallest absolute Gasteiger partial charge is 0.462 e. The Kier molecular flexibility index (Phi) is 78.5. The van der Waals surface area contributed by atoms with Gasteiger partial charge in [0.05, 0.1) is 26.4 Å². The molecule has 0 aliphatic carbocycles. The van der Waals surface area contributed by atoms with Crippen molar-refractivity contribution in [1.82, 2.24) is 0 Å². The number of carbonyl (C=O) groups is 4. The van der Waals surface area contributed by atoms with Crippen molar-refractivity contribution in [3.8, 4) is 0 Å². The molecule has 0 aromatic heterocycles. The summed E-state index contributed by atoms with van der Waals surface area (Å²) in [6.45, 7) is 12.1. The first-order valence-corrected chi connectivity index (χ1v) is 49.4. The number of phosphoric acid groups is 2. The summed E-state index contributed by atoms with van der Waals surface area (Å²) in [5.74, 6) is 0.303. The first-order chi connectivity index (χ1) is 52.8. The summed E-state index contributed by atoms with van der Waals surface area (Å²) < 4.78 is 69.1. The lowest BCUT2D eigenvalue weighted by molar-refractivity contribution is -0.161. The van der Waals surface area contributed by atoms with E-state index in [-0.39, 0.29) is 25.7 Å². The topological polar surface area (TPSA) is 237 Å². The minimum atomic E-state index is -4.97. The Morgan fingerprint density at radius 1 is 0.266 bits per heavy atom. The molecule has 0 aliphatic heterocycles. The van der Waals surface area contributed by atoms with Gasteiger partial charge in [0.15, 0.2) is 12.2 Å². The average molecular weight is 1590 g/mol. The Hall–Kier alpha value is -1.94. The third kappa shape index (κ3) is 82.4. The molecule has 0 fully saturated rings. The van der Waals surface area contributed by atoms with E-state index in [1.54, 1.807) is 0 Å². The fraction of sp³-hybridized carbons (Fsp3) is 0.956. The van der Waals surface area contributed by atoms with Gasteiger partial charge >= 0.3 is 39.5 Å². The van der Waals surface area contributed by atoms with Crippen molar-refractivity contribution < 1.29 is 80.2 Å². The van der Waals surface area contributed by atoms with Gasteiger partial charge in [-0.15, -0.1) is 0 Å². The summed E-state index contributed by atoms with van der Waals surface area (Å²) in [7, 11) is -9.94. The SMILES string of the molecule is CCCCCCCCCCCCCCCCCCCCCCC(=O)O[C@H](COC(=O)CCCCCCCCCCCCCCCCCCC(C)C)COP(=O)(O)OC[C@@H](O)COP(=O)(O)OC[C@@H](COC(=O)CCCCCCCCCCCC(C)C)OC(=O)CCCCCCCCCCCCCCCCC(C)CC. The summed E-state index contributed by atoms with van der Waals surface area (Å²) in [5, 5.41) is 10.7. The van der Waals surface area contributed by atoms with Gasteiger partial charge in [0.25, 0.3) is 0 Å². The van der Waals surface area contributed by atoms with E-state index >= 15 is 0 Å². The molecule has 19 heteroatoms. The van der Waals surface area contributed by atoms with Crippen LogP contribution in [0.2, 0.25) is 0 Å².